The van der Waals surface area contributed by atoms with Crippen molar-refractivity contribution >= 4 is 28.7 Å². The summed E-state index contributed by atoms with van der Waals surface area (Å²) in [6.07, 6.45) is 4.45. The fourth-order valence-corrected chi connectivity index (χ4v) is 4.50. The van der Waals surface area contributed by atoms with Gasteiger partial charge in [-0.2, -0.15) is 5.10 Å². The Hall–Kier alpha value is -2.81. The van der Waals surface area contributed by atoms with E-state index in [-0.39, 0.29) is 23.2 Å². The minimum atomic E-state index is -0.00859. The molecule has 1 saturated carbocycles. The summed E-state index contributed by atoms with van der Waals surface area (Å²) in [5.74, 6) is 0.918. The topological polar surface area (TPSA) is 109 Å². The number of nitrogens with one attached hydrogen (secondary N) is 3. The van der Waals surface area contributed by atoms with E-state index in [0.717, 1.165) is 24.2 Å². The van der Waals surface area contributed by atoms with Gasteiger partial charge < -0.3 is 10.1 Å². The third-order valence-electron chi connectivity index (χ3n) is 5.15. The van der Waals surface area contributed by atoms with Gasteiger partial charge in [0, 0.05) is 17.8 Å². The molecule has 8 nitrogen and oxygen atoms in total. The number of hydrogen-bond donors (Lipinski definition) is 3. The first-order valence-electron chi connectivity index (χ1n) is 9.65. The van der Waals surface area contributed by atoms with Crippen LogP contribution in [-0.2, 0) is 4.79 Å². The summed E-state index contributed by atoms with van der Waals surface area (Å²) in [6, 6.07) is 7.75. The third-order valence-corrected chi connectivity index (χ3v) is 6.08. The lowest BCUT2D eigenvalue weighted by Crippen LogP contribution is -2.34. The molecule has 1 fully saturated rings. The minimum Gasteiger partial charge on any atom is -0.497 e. The fraction of sp³-hybridized carbons (Fsp3) is 0.400. The van der Waals surface area contributed by atoms with Gasteiger partial charge in [-0.15, -0.1) is 0 Å². The number of aromatic amines is 1. The summed E-state index contributed by atoms with van der Waals surface area (Å²) < 4.78 is 7.08. The normalized spacial score (nSPS) is 14.4. The smallest absolute Gasteiger partial charge is 0.230 e. The van der Waals surface area contributed by atoms with E-state index in [1.54, 1.807) is 11.7 Å². The Kier molecular flexibility index (Phi) is 5.57. The van der Waals surface area contributed by atoms with Gasteiger partial charge in [0.1, 0.15) is 11.2 Å². The Morgan fingerprint density at radius 2 is 2.21 bits per heavy atom. The monoisotopic (exact) mass is 412 g/mol. The number of carbonyl (C=O) groups excluding carboxylic acids is 1. The molecular formula is C20H24N6O2S. The predicted octanol–water partition coefficient (Wildman–Crippen LogP) is 2.70. The molecule has 4 rings (SSSR count). The Morgan fingerprint density at radius 1 is 1.41 bits per heavy atom. The number of aromatic nitrogens is 4. The molecule has 1 amide bonds. The largest absolute Gasteiger partial charge is 0.497 e. The molecule has 0 atom stereocenters. The fourth-order valence-electron chi connectivity index (χ4n) is 3.68. The lowest BCUT2D eigenvalue weighted by molar-refractivity contribution is -0.119. The number of rotatable bonds is 6. The van der Waals surface area contributed by atoms with E-state index in [4.69, 9.17) is 10.1 Å². The SMILES string of the molecule is COc1cccc(-n2c(SCC(=O)NC3CCCC3)nc3n[nH]c(C)c3c2=N)c1. The quantitative estimate of drug-likeness (QED) is 0.426. The van der Waals surface area contributed by atoms with Gasteiger partial charge in [0.15, 0.2) is 10.8 Å². The van der Waals surface area contributed by atoms with E-state index < -0.39 is 0 Å². The molecule has 0 saturated heterocycles. The van der Waals surface area contributed by atoms with Crippen molar-refractivity contribution in [2.75, 3.05) is 12.9 Å². The van der Waals surface area contributed by atoms with Gasteiger partial charge in [-0.3, -0.25) is 19.9 Å². The molecule has 0 aliphatic heterocycles. The predicted molar refractivity (Wildman–Crippen MR) is 111 cm³/mol. The standard InChI is InChI=1S/C20H24N6O2S/c1-12-17-18(21)26(14-8-5-9-15(10-14)28-2)20(23-19(17)25-24-12)29-11-16(27)22-13-6-3-4-7-13/h5,8-10,13,21H,3-4,6-7,11H2,1-2H3,(H,22,27)(H,24,25). The zero-order chi connectivity index (χ0) is 20.4. The van der Waals surface area contributed by atoms with Crippen LogP contribution in [-0.4, -0.2) is 44.6 Å². The number of thioether (sulfide) groups is 1. The summed E-state index contributed by atoms with van der Waals surface area (Å²) in [5.41, 5.74) is 2.28. The lowest BCUT2D eigenvalue weighted by Gasteiger charge is -2.15. The second-order valence-corrected chi connectivity index (χ2v) is 8.11. The third kappa shape index (κ3) is 4.00. The van der Waals surface area contributed by atoms with Crippen LogP contribution in [0.5, 0.6) is 5.75 Å². The number of nitrogens with zero attached hydrogens (tertiary/aromatic N) is 3. The highest BCUT2D eigenvalue weighted by Gasteiger charge is 2.19. The van der Waals surface area contributed by atoms with E-state index in [1.807, 2.05) is 31.2 Å². The number of H-pyrrole nitrogens is 1. The van der Waals surface area contributed by atoms with Crippen molar-refractivity contribution in [3.8, 4) is 11.4 Å². The first-order chi connectivity index (χ1) is 14.1. The van der Waals surface area contributed by atoms with Crippen LogP contribution in [0, 0.1) is 12.3 Å². The van der Waals surface area contributed by atoms with Crippen LogP contribution in [0.2, 0.25) is 0 Å². The number of fused-ring (bicyclic) bond motifs is 1. The Morgan fingerprint density at radius 3 is 2.97 bits per heavy atom. The van der Waals surface area contributed by atoms with Crippen LogP contribution < -0.4 is 15.5 Å². The highest BCUT2D eigenvalue weighted by atomic mass is 32.2. The molecule has 3 aromatic rings. The van der Waals surface area contributed by atoms with Gasteiger partial charge in [0.2, 0.25) is 5.91 Å². The van der Waals surface area contributed by atoms with E-state index in [2.05, 4.69) is 20.5 Å². The van der Waals surface area contributed by atoms with Crippen molar-refractivity contribution in [1.82, 2.24) is 25.1 Å². The number of ether oxygens (including phenoxy) is 1. The molecule has 2 aromatic heterocycles. The number of benzene rings is 1. The Balaban J connectivity index is 1.69. The van der Waals surface area contributed by atoms with Crippen LogP contribution >= 0.6 is 11.8 Å². The minimum absolute atomic E-state index is 0.00859. The van der Waals surface area contributed by atoms with E-state index in [1.165, 1.54) is 24.6 Å². The first kappa shape index (κ1) is 19.5. The van der Waals surface area contributed by atoms with Gasteiger partial charge in [-0.05, 0) is 31.9 Å². The molecule has 1 aromatic carbocycles. The second kappa shape index (κ2) is 8.28. The number of amides is 1. The van der Waals surface area contributed by atoms with Crippen LogP contribution in [0.1, 0.15) is 31.4 Å². The maximum atomic E-state index is 12.4. The van der Waals surface area contributed by atoms with Gasteiger partial charge in [-0.1, -0.05) is 30.7 Å². The van der Waals surface area contributed by atoms with Gasteiger partial charge in [0.25, 0.3) is 0 Å². The van der Waals surface area contributed by atoms with Crippen molar-refractivity contribution in [2.24, 2.45) is 0 Å². The van der Waals surface area contributed by atoms with Crippen LogP contribution in [0.3, 0.4) is 0 Å². The summed E-state index contributed by atoms with van der Waals surface area (Å²) in [5, 5.41) is 20.2. The molecule has 1 aliphatic carbocycles. The average molecular weight is 413 g/mol. The zero-order valence-electron chi connectivity index (χ0n) is 16.5. The molecule has 0 spiro atoms. The van der Waals surface area contributed by atoms with Crippen molar-refractivity contribution in [3.63, 3.8) is 0 Å². The average Bonchev–Trinajstić information content (AvgIpc) is 3.36. The van der Waals surface area contributed by atoms with Gasteiger partial charge >= 0.3 is 0 Å². The highest BCUT2D eigenvalue weighted by Crippen LogP contribution is 2.24. The molecular weight excluding hydrogens is 388 g/mol. The van der Waals surface area contributed by atoms with E-state index >= 15 is 0 Å². The van der Waals surface area contributed by atoms with Crippen molar-refractivity contribution < 1.29 is 9.53 Å². The van der Waals surface area contributed by atoms with Crippen molar-refractivity contribution in [3.05, 3.63) is 35.4 Å². The zero-order valence-corrected chi connectivity index (χ0v) is 17.3. The first-order valence-corrected chi connectivity index (χ1v) is 10.6. The Labute approximate surface area is 172 Å². The van der Waals surface area contributed by atoms with Crippen LogP contribution in [0.25, 0.3) is 16.7 Å². The molecule has 1 aliphatic rings. The van der Waals surface area contributed by atoms with Crippen LogP contribution in [0.4, 0.5) is 0 Å². The summed E-state index contributed by atoms with van der Waals surface area (Å²) >= 11 is 1.31. The molecule has 2 heterocycles. The molecule has 9 heteroatoms. The second-order valence-electron chi connectivity index (χ2n) is 7.16. The maximum absolute atomic E-state index is 12.4. The molecule has 0 bridgehead atoms. The Bertz CT molecular complexity index is 1100. The summed E-state index contributed by atoms with van der Waals surface area (Å²) in [6.45, 7) is 1.87. The lowest BCUT2D eigenvalue weighted by atomic mass is 10.2. The molecule has 29 heavy (non-hydrogen) atoms. The molecule has 3 N–H and O–H groups in total. The summed E-state index contributed by atoms with van der Waals surface area (Å²) in [7, 11) is 1.61. The molecule has 0 unspecified atom stereocenters. The number of carbonyl (C=O) groups is 1. The van der Waals surface area contributed by atoms with Gasteiger partial charge in [-0.25, -0.2) is 4.98 Å². The summed E-state index contributed by atoms with van der Waals surface area (Å²) in [4.78, 5) is 17.1. The van der Waals surface area contributed by atoms with Crippen LogP contribution in [0.15, 0.2) is 29.4 Å². The number of hydrogen-bond acceptors (Lipinski definition) is 6. The van der Waals surface area contributed by atoms with E-state index in [9.17, 15) is 4.79 Å². The number of methoxy groups -OCH3 is 1. The molecule has 152 valence electrons. The molecule has 0 radical (unpaired) electrons. The van der Waals surface area contributed by atoms with Crippen molar-refractivity contribution in [1.29, 1.82) is 5.41 Å². The number of aryl methyl sites for hydroxylation is 1. The maximum Gasteiger partial charge on any atom is 0.230 e. The van der Waals surface area contributed by atoms with Gasteiger partial charge in [0.05, 0.1) is 23.9 Å². The van der Waals surface area contributed by atoms with E-state index in [0.29, 0.717) is 21.9 Å². The van der Waals surface area contributed by atoms with Crippen molar-refractivity contribution in [2.45, 2.75) is 43.8 Å². The highest BCUT2D eigenvalue weighted by molar-refractivity contribution is 7.99.